The van der Waals surface area contributed by atoms with E-state index in [1.807, 2.05) is 0 Å². The number of aliphatic imine (C=N–C) groups is 1. The number of thiocarbonyl (C=S) groups is 1. The number of benzene rings is 1. The van der Waals surface area contributed by atoms with Crippen LogP contribution in [0.25, 0.3) is 0 Å². The minimum Gasteiger partial charge on any atom is -0.493 e. The fourth-order valence-corrected chi connectivity index (χ4v) is 1.97. The van der Waals surface area contributed by atoms with Crippen molar-refractivity contribution in [3.63, 3.8) is 0 Å². The number of amides is 1. The summed E-state index contributed by atoms with van der Waals surface area (Å²) in [6, 6.07) is 4.95. The van der Waals surface area contributed by atoms with Gasteiger partial charge in [-0.25, -0.2) is 9.79 Å². The van der Waals surface area contributed by atoms with Gasteiger partial charge in [-0.05, 0) is 29.9 Å². The third-order valence-electron chi connectivity index (χ3n) is 2.67. The van der Waals surface area contributed by atoms with Gasteiger partial charge < -0.3 is 14.6 Å². The zero-order chi connectivity index (χ0) is 15.4. The maximum absolute atomic E-state index is 11.5. The molecular weight excluding hydrogens is 296 g/mol. The summed E-state index contributed by atoms with van der Waals surface area (Å²) in [5.41, 5.74) is 1.09. The number of aliphatic carboxylic acids is 1. The number of ether oxygens (including phenoxy) is 2. The predicted octanol–water partition coefficient (Wildman–Crippen LogP) is 0.557. The van der Waals surface area contributed by atoms with E-state index in [1.54, 1.807) is 18.2 Å². The zero-order valence-electron chi connectivity index (χ0n) is 11.1. The second-order valence-corrected chi connectivity index (χ2v) is 4.55. The van der Waals surface area contributed by atoms with Crippen molar-refractivity contribution >= 4 is 34.9 Å². The molecule has 7 nitrogen and oxygen atoms in total. The molecule has 0 radical (unpaired) electrons. The summed E-state index contributed by atoms with van der Waals surface area (Å²) in [6.07, 6.45) is 0.293. The van der Waals surface area contributed by atoms with E-state index in [0.717, 1.165) is 5.56 Å². The smallest absolute Gasteiger partial charge is 0.341 e. The summed E-state index contributed by atoms with van der Waals surface area (Å²) in [6.45, 7) is -0.459. The zero-order valence-corrected chi connectivity index (χ0v) is 11.9. The number of nitrogens with zero attached hydrogens (tertiary/aromatic N) is 1. The van der Waals surface area contributed by atoms with Crippen LogP contribution in [0.3, 0.4) is 0 Å². The summed E-state index contributed by atoms with van der Waals surface area (Å²) < 4.78 is 10.2. The second kappa shape index (κ2) is 6.31. The minimum absolute atomic E-state index is 0.156. The fraction of sp³-hybridized carbons (Fsp3) is 0.231. The first-order valence-corrected chi connectivity index (χ1v) is 6.35. The van der Waals surface area contributed by atoms with Gasteiger partial charge in [0.2, 0.25) is 0 Å². The highest BCUT2D eigenvalue weighted by molar-refractivity contribution is 7.80. The van der Waals surface area contributed by atoms with E-state index in [9.17, 15) is 9.59 Å². The van der Waals surface area contributed by atoms with E-state index >= 15 is 0 Å². The lowest BCUT2D eigenvalue weighted by molar-refractivity contribution is -0.139. The molecule has 0 atom stereocenters. The molecule has 0 bridgehead atoms. The molecule has 0 spiro atoms. The Morgan fingerprint density at radius 1 is 1.43 bits per heavy atom. The number of hydrogen-bond acceptors (Lipinski definition) is 5. The van der Waals surface area contributed by atoms with Crippen molar-refractivity contribution < 1.29 is 24.2 Å². The van der Waals surface area contributed by atoms with Crippen LogP contribution in [0.5, 0.6) is 11.5 Å². The van der Waals surface area contributed by atoms with E-state index in [-0.39, 0.29) is 11.0 Å². The first-order chi connectivity index (χ1) is 9.99. The summed E-state index contributed by atoms with van der Waals surface area (Å²) in [5, 5.41) is 11.2. The number of hydrogen-bond donors (Lipinski definition) is 2. The van der Waals surface area contributed by atoms with Crippen LogP contribution < -0.4 is 14.8 Å². The Hall–Kier alpha value is -2.48. The van der Waals surface area contributed by atoms with E-state index in [0.29, 0.717) is 23.6 Å². The van der Waals surface area contributed by atoms with Gasteiger partial charge in [0.05, 0.1) is 7.11 Å². The van der Waals surface area contributed by atoms with Gasteiger partial charge in [0.25, 0.3) is 5.91 Å². The maximum atomic E-state index is 11.5. The predicted molar refractivity (Wildman–Crippen MR) is 78.0 cm³/mol. The van der Waals surface area contributed by atoms with E-state index in [1.165, 1.54) is 7.11 Å². The number of carbonyl (C=O) groups excluding carboxylic acids is 1. The highest BCUT2D eigenvalue weighted by Crippen LogP contribution is 2.28. The summed E-state index contributed by atoms with van der Waals surface area (Å²) in [5.74, 6) is -0.691. The molecule has 0 aliphatic carbocycles. The Kier molecular flexibility index (Phi) is 4.49. The molecule has 1 aromatic rings. The van der Waals surface area contributed by atoms with Crippen molar-refractivity contribution in [1.82, 2.24) is 5.32 Å². The van der Waals surface area contributed by atoms with Crippen LogP contribution in [-0.2, 0) is 16.0 Å². The standard InChI is InChI=1S/C13H12N2O5S/c1-19-10-5-7(2-3-9(10)20-6-11(16)17)4-8-12(18)15-13(21)14-8/h2-3,5H,4,6H2,1H3,(H,16,17)(H,15,18,21). The molecule has 0 saturated heterocycles. The summed E-state index contributed by atoms with van der Waals surface area (Å²) >= 11 is 4.80. The normalized spacial score (nSPS) is 13.7. The van der Waals surface area contributed by atoms with Crippen LogP contribution >= 0.6 is 12.2 Å². The third-order valence-corrected chi connectivity index (χ3v) is 2.86. The van der Waals surface area contributed by atoms with Gasteiger partial charge in [0.15, 0.2) is 23.2 Å². The third kappa shape index (κ3) is 3.76. The summed E-state index contributed by atoms with van der Waals surface area (Å²) in [4.78, 5) is 26.0. The molecular formula is C13H12N2O5S. The molecule has 1 aliphatic heterocycles. The Morgan fingerprint density at radius 3 is 2.76 bits per heavy atom. The average Bonchev–Trinajstić information content (AvgIpc) is 2.75. The molecule has 110 valence electrons. The average molecular weight is 308 g/mol. The first-order valence-electron chi connectivity index (χ1n) is 5.94. The number of carboxylic acid groups (broad SMARTS) is 1. The lowest BCUT2D eigenvalue weighted by atomic mass is 10.1. The highest BCUT2D eigenvalue weighted by atomic mass is 32.1. The Morgan fingerprint density at radius 2 is 2.19 bits per heavy atom. The SMILES string of the molecule is COc1cc(CC2=NC(=S)NC2=O)ccc1OCC(=O)O. The van der Waals surface area contributed by atoms with Gasteiger partial charge in [-0.3, -0.25) is 10.1 Å². The molecule has 2 rings (SSSR count). The van der Waals surface area contributed by atoms with Gasteiger partial charge in [-0.15, -0.1) is 0 Å². The highest BCUT2D eigenvalue weighted by Gasteiger charge is 2.21. The van der Waals surface area contributed by atoms with Gasteiger partial charge in [0.1, 0.15) is 5.71 Å². The van der Waals surface area contributed by atoms with Gasteiger partial charge in [-0.1, -0.05) is 6.07 Å². The number of nitrogens with one attached hydrogen (secondary N) is 1. The van der Waals surface area contributed by atoms with Crippen molar-refractivity contribution in [3.05, 3.63) is 23.8 Å². The molecule has 1 heterocycles. The molecule has 1 aliphatic rings. The van der Waals surface area contributed by atoms with Crippen molar-refractivity contribution in [3.8, 4) is 11.5 Å². The van der Waals surface area contributed by atoms with Crippen molar-refractivity contribution in [2.75, 3.05) is 13.7 Å². The molecule has 2 N–H and O–H groups in total. The van der Waals surface area contributed by atoms with Crippen LogP contribution in [0.2, 0.25) is 0 Å². The van der Waals surface area contributed by atoms with Gasteiger partial charge >= 0.3 is 5.97 Å². The van der Waals surface area contributed by atoms with Gasteiger partial charge in [0, 0.05) is 6.42 Å². The lowest BCUT2D eigenvalue weighted by Crippen LogP contribution is -2.26. The molecule has 0 saturated carbocycles. The first kappa shape index (κ1) is 14.9. The van der Waals surface area contributed by atoms with Crippen LogP contribution in [0.4, 0.5) is 0 Å². The van der Waals surface area contributed by atoms with E-state index < -0.39 is 12.6 Å². The van der Waals surface area contributed by atoms with E-state index in [2.05, 4.69) is 10.3 Å². The second-order valence-electron chi connectivity index (χ2n) is 4.16. The maximum Gasteiger partial charge on any atom is 0.341 e. The number of carboxylic acids is 1. The molecule has 1 amide bonds. The lowest BCUT2D eigenvalue weighted by Gasteiger charge is -2.10. The fourth-order valence-electron chi connectivity index (χ4n) is 1.76. The number of rotatable bonds is 6. The number of carbonyl (C=O) groups is 2. The van der Waals surface area contributed by atoms with Crippen LogP contribution in [0.15, 0.2) is 23.2 Å². The van der Waals surface area contributed by atoms with Crippen LogP contribution in [-0.4, -0.2) is 41.5 Å². The van der Waals surface area contributed by atoms with Crippen molar-refractivity contribution in [2.24, 2.45) is 4.99 Å². The molecule has 0 fully saturated rings. The molecule has 1 aromatic carbocycles. The Labute approximate surface area is 125 Å². The molecule has 8 heteroatoms. The Bertz CT molecular complexity index is 641. The summed E-state index contributed by atoms with van der Waals surface area (Å²) in [7, 11) is 1.45. The molecule has 0 aromatic heterocycles. The monoisotopic (exact) mass is 308 g/mol. The van der Waals surface area contributed by atoms with Gasteiger partial charge in [-0.2, -0.15) is 0 Å². The topological polar surface area (TPSA) is 97.2 Å². The largest absolute Gasteiger partial charge is 0.493 e. The molecule has 21 heavy (non-hydrogen) atoms. The van der Waals surface area contributed by atoms with Crippen LogP contribution in [0.1, 0.15) is 5.56 Å². The molecule has 0 unspecified atom stereocenters. The van der Waals surface area contributed by atoms with Crippen molar-refractivity contribution in [2.45, 2.75) is 6.42 Å². The van der Waals surface area contributed by atoms with E-state index in [4.69, 9.17) is 26.8 Å². The quantitative estimate of drug-likeness (QED) is 0.745. The Balaban J connectivity index is 2.15. The van der Waals surface area contributed by atoms with Crippen molar-refractivity contribution in [1.29, 1.82) is 0 Å². The van der Waals surface area contributed by atoms with Crippen LogP contribution in [0, 0.1) is 0 Å². The number of methoxy groups -OCH3 is 1. The minimum atomic E-state index is -1.08.